The van der Waals surface area contributed by atoms with E-state index < -0.39 is 0 Å². The predicted molar refractivity (Wildman–Crippen MR) is 54.2 cm³/mol. The van der Waals surface area contributed by atoms with Crippen molar-refractivity contribution in [3.05, 3.63) is 23.5 Å². The van der Waals surface area contributed by atoms with Crippen molar-refractivity contribution >= 4 is 5.91 Å². The molecule has 2 heterocycles. The molecule has 0 aliphatic carbocycles. The number of hydrogen-bond acceptors (Lipinski definition) is 2. The van der Waals surface area contributed by atoms with Crippen molar-refractivity contribution in [2.45, 2.75) is 13.1 Å². The Kier molecular flexibility index (Phi) is 2.29. The van der Waals surface area contributed by atoms with Gasteiger partial charge in [-0.15, -0.1) is 0 Å². The Morgan fingerprint density at radius 3 is 2.93 bits per heavy atom. The maximum Gasteiger partial charge on any atom is 0.267 e. The van der Waals surface area contributed by atoms with Crippen LogP contribution in [0.5, 0.6) is 0 Å². The molecule has 0 bridgehead atoms. The summed E-state index contributed by atoms with van der Waals surface area (Å²) < 4.78 is 2.10. The van der Waals surface area contributed by atoms with Gasteiger partial charge in [0.1, 0.15) is 5.69 Å². The van der Waals surface area contributed by atoms with E-state index in [1.165, 1.54) is 5.69 Å². The lowest BCUT2D eigenvalue weighted by atomic mass is 10.3. The molecule has 1 aromatic rings. The van der Waals surface area contributed by atoms with Crippen LogP contribution in [0.3, 0.4) is 0 Å². The summed E-state index contributed by atoms with van der Waals surface area (Å²) in [7, 11) is 3.76. The van der Waals surface area contributed by atoms with Crippen LogP contribution in [0.1, 0.15) is 16.2 Å². The highest BCUT2D eigenvalue weighted by atomic mass is 16.1. The molecule has 14 heavy (non-hydrogen) atoms. The summed E-state index contributed by atoms with van der Waals surface area (Å²) in [4.78, 5) is 13.7. The van der Waals surface area contributed by atoms with Crippen molar-refractivity contribution in [1.82, 2.24) is 14.8 Å². The number of fused-ring (bicyclic) bond motifs is 1. The van der Waals surface area contributed by atoms with Crippen molar-refractivity contribution in [2.24, 2.45) is 0 Å². The van der Waals surface area contributed by atoms with Crippen molar-refractivity contribution < 1.29 is 4.79 Å². The molecule has 1 aliphatic heterocycles. The van der Waals surface area contributed by atoms with Gasteiger partial charge in [0, 0.05) is 32.4 Å². The van der Waals surface area contributed by atoms with Gasteiger partial charge in [-0.25, -0.2) is 0 Å². The number of carbonyl (C=O) groups excluding carboxylic acids is 1. The van der Waals surface area contributed by atoms with Crippen LogP contribution in [0.25, 0.3) is 0 Å². The molecular formula is C10H15N3O. The maximum atomic E-state index is 11.5. The van der Waals surface area contributed by atoms with E-state index in [1.54, 1.807) is 7.05 Å². The van der Waals surface area contributed by atoms with Crippen molar-refractivity contribution in [3.8, 4) is 0 Å². The Bertz CT molecular complexity index is 356. The molecule has 0 fully saturated rings. The van der Waals surface area contributed by atoms with E-state index in [0.29, 0.717) is 0 Å². The fourth-order valence-electron chi connectivity index (χ4n) is 1.86. The third-order valence-corrected chi connectivity index (χ3v) is 2.67. The third kappa shape index (κ3) is 1.42. The van der Waals surface area contributed by atoms with Gasteiger partial charge in [0.05, 0.1) is 0 Å². The van der Waals surface area contributed by atoms with E-state index >= 15 is 0 Å². The van der Waals surface area contributed by atoms with Gasteiger partial charge in [0.15, 0.2) is 0 Å². The summed E-state index contributed by atoms with van der Waals surface area (Å²) in [6.07, 6.45) is 0. The first-order valence-corrected chi connectivity index (χ1v) is 4.81. The van der Waals surface area contributed by atoms with Crippen LogP contribution in [-0.4, -0.2) is 36.0 Å². The maximum absolute atomic E-state index is 11.5. The smallest absolute Gasteiger partial charge is 0.267 e. The monoisotopic (exact) mass is 193 g/mol. The van der Waals surface area contributed by atoms with Gasteiger partial charge in [-0.2, -0.15) is 0 Å². The number of carbonyl (C=O) groups is 1. The number of nitrogens with one attached hydrogen (secondary N) is 1. The van der Waals surface area contributed by atoms with Crippen LogP contribution in [-0.2, 0) is 13.1 Å². The summed E-state index contributed by atoms with van der Waals surface area (Å²) in [6, 6.07) is 3.92. The Labute approximate surface area is 83.5 Å². The first-order chi connectivity index (χ1) is 6.72. The number of nitrogens with zero attached hydrogens (tertiary/aromatic N) is 2. The van der Waals surface area contributed by atoms with Gasteiger partial charge < -0.3 is 9.88 Å². The molecule has 2 rings (SSSR count). The van der Waals surface area contributed by atoms with Crippen molar-refractivity contribution in [1.29, 1.82) is 0 Å². The lowest BCUT2D eigenvalue weighted by Crippen LogP contribution is -2.32. The van der Waals surface area contributed by atoms with Crippen molar-refractivity contribution in [3.63, 3.8) is 0 Å². The van der Waals surface area contributed by atoms with E-state index in [4.69, 9.17) is 0 Å². The van der Waals surface area contributed by atoms with Gasteiger partial charge in [0.2, 0.25) is 0 Å². The summed E-state index contributed by atoms with van der Waals surface area (Å²) in [6.45, 7) is 2.84. The number of rotatable bonds is 1. The second-order valence-corrected chi connectivity index (χ2v) is 3.68. The highest BCUT2D eigenvalue weighted by molar-refractivity contribution is 5.92. The third-order valence-electron chi connectivity index (χ3n) is 2.67. The zero-order valence-corrected chi connectivity index (χ0v) is 8.58. The number of likely N-dealkylation sites (N-methyl/N-ethyl adjacent to an activating group) is 1. The van der Waals surface area contributed by atoms with Crippen LogP contribution in [0, 0.1) is 0 Å². The lowest BCUT2D eigenvalue weighted by molar-refractivity contribution is 0.0950. The van der Waals surface area contributed by atoms with E-state index in [9.17, 15) is 4.79 Å². The minimum absolute atomic E-state index is 0.000744. The Hall–Kier alpha value is -1.29. The van der Waals surface area contributed by atoms with Crippen LogP contribution < -0.4 is 5.32 Å². The molecule has 0 spiro atoms. The first-order valence-electron chi connectivity index (χ1n) is 4.81. The number of hydrogen-bond donors (Lipinski definition) is 1. The van der Waals surface area contributed by atoms with E-state index in [1.807, 2.05) is 12.1 Å². The fourth-order valence-corrected chi connectivity index (χ4v) is 1.86. The molecule has 76 valence electrons. The van der Waals surface area contributed by atoms with Crippen molar-refractivity contribution in [2.75, 3.05) is 20.6 Å². The molecule has 0 atom stereocenters. The highest BCUT2D eigenvalue weighted by Crippen LogP contribution is 2.15. The Morgan fingerprint density at radius 1 is 1.43 bits per heavy atom. The quantitative estimate of drug-likeness (QED) is 0.696. The first kappa shape index (κ1) is 9.27. The van der Waals surface area contributed by atoms with E-state index in [-0.39, 0.29) is 5.91 Å². The second kappa shape index (κ2) is 3.46. The second-order valence-electron chi connectivity index (χ2n) is 3.68. The molecule has 1 aromatic heterocycles. The minimum atomic E-state index is 0.000744. The molecular weight excluding hydrogens is 178 g/mol. The summed E-state index contributed by atoms with van der Waals surface area (Å²) in [5.74, 6) is 0.000744. The summed E-state index contributed by atoms with van der Waals surface area (Å²) in [5.41, 5.74) is 1.99. The van der Waals surface area contributed by atoms with E-state index in [0.717, 1.165) is 25.3 Å². The van der Waals surface area contributed by atoms with Gasteiger partial charge in [-0.05, 0) is 19.2 Å². The minimum Gasteiger partial charge on any atom is -0.354 e. The number of amides is 1. The van der Waals surface area contributed by atoms with Gasteiger partial charge in [-0.3, -0.25) is 9.69 Å². The zero-order chi connectivity index (χ0) is 10.1. The molecule has 0 radical (unpaired) electrons. The summed E-state index contributed by atoms with van der Waals surface area (Å²) >= 11 is 0. The standard InChI is InChI=1S/C10H15N3O/c1-11-10(14)9-4-3-8-7-12(2)5-6-13(8)9/h3-4H,5-7H2,1-2H3,(H,11,14). The molecule has 0 saturated carbocycles. The highest BCUT2D eigenvalue weighted by Gasteiger charge is 2.18. The average Bonchev–Trinajstić information content (AvgIpc) is 2.59. The molecule has 4 heteroatoms. The molecule has 0 aromatic carbocycles. The molecule has 1 aliphatic rings. The van der Waals surface area contributed by atoms with Gasteiger partial charge in [-0.1, -0.05) is 0 Å². The fraction of sp³-hybridized carbons (Fsp3) is 0.500. The van der Waals surface area contributed by atoms with Crippen LogP contribution in [0.4, 0.5) is 0 Å². The molecule has 1 N–H and O–H groups in total. The van der Waals surface area contributed by atoms with Crippen LogP contribution in [0.2, 0.25) is 0 Å². The topological polar surface area (TPSA) is 37.3 Å². The zero-order valence-electron chi connectivity index (χ0n) is 8.58. The van der Waals surface area contributed by atoms with Gasteiger partial charge >= 0.3 is 0 Å². The Balaban J connectivity index is 2.33. The predicted octanol–water partition coefficient (Wildman–Crippen LogP) is 0.293. The normalized spacial score (nSPS) is 16.4. The lowest BCUT2D eigenvalue weighted by Gasteiger charge is -2.25. The van der Waals surface area contributed by atoms with E-state index in [2.05, 4.69) is 21.8 Å². The average molecular weight is 193 g/mol. The SMILES string of the molecule is CNC(=O)c1ccc2n1CCN(C)C2. The summed E-state index contributed by atoms with van der Waals surface area (Å²) in [5, 5.41) is 2.66. The Morgan fingerprint density at radius 2 is 2.21 bits per heavy atom. The molecule has 0 saturated heterocycles. The molecule has 1 amide bonds. The largest absolute Gasteiger partial charge is 0.354 e. The number of aromatic nitrogens is 1. The van der Waals surface area contributed by atoms with Gasteiger partial charge in [0.25, 0.3) is 5.91 Å². The molecule has 0 unspecified atom stereocenters. The molecule has 4 nitrogen and oxygen atoms in total. The van der Waals surface area contributed by atoms with Crippen LogP contribution >= 0.6 is 0 Å². The van der Waals surface area contributed by atoms with Crippen LogP contribution in [0.15, 0.2) is 12.1 Å².